The van der Waals surface area contributed by atoms with Crippen LogP contribution in [0.15, 0.2) is 24.3 Å². The molecule has 0 rings (SSSR count). The lowest BCUT2D eigenvalue weighted by atomic mass is 10.0. The van der Waals surface area contributed by atoms with E-state index in [4.69, 9.17) is 9.05 Å². The van der Waals surface area contributed by atoms with Crippen LogP contribution >= 0.6 is 7.82 Å². The molecule has 0 aliphatic rings. The molecule has 55 heavy (non-hydrogen) atoms. The van der Waals surface area contributed by atoms with E-state index in [1.807, 2.05) is 27.2 Å². The SMILES string of the molecule is CCCCCCCCC/C=C\CCCCCCCC(=O)NC(COP(=O)(O)OCC[N+](C)(C)C)C(O)/C=C/CCCCCCCCCCCCCCCCC. The number of unbranched alkanes of at least 4 members (excludes halogenated alkanes) is 27. The minimum atomic E-state index is -4.34. The largest absolute Gasteiger partial charge is 0.472 e. The van der Waals surface area contributed by atoms with E-state index in [2.05, 4.69) is 31.3 Å². The van der Waals surface area contributed by atoms with Gasteiger partial charge in [0.1, 0.15) is 13.2 Å². The third kappa shape index (κ3) is 41.0. The van der Waals surface area contributed by atoms with Crippen molar-refractivity contribution in [2.45, 2.75) is 225 Å². The van der Waals surface area contributed by atoms with Gasteiger partial charge in [0.05, 0.1) is 39.9 Å². The molecule has 0 aromatic heterocycles. The predicted molar refractivity (Wildman–Crippen MR) is 235 cm³/mol. The minimum Gasteiger partial charge on any atom is -0.387 e. The Hall–Kier alpha value is -1.02. The Morgan fingerprint density at radius 3 is 1.40 bits per heavy atom. The Labute approximate surface area is 341 Å². The zero-order chi connectivity index (χ0) is 40.7. The van der Waals surface area contributed by atoms with Crippen molar-refractivity contribution in [3.8, 4) is 0 Å². The van der Waals surface area contributed by atoms with Crippen molar-refractivity contribution in [1.82, 2.24) is 5.32 Å². The number of nitrogens with zero attached hydrogens (tertiary/aromatic N) is 1. The van der Waals surface area contributed by atoms with Gasteiger partial charge in [0.2, 0.25) is 5.91 Å². The van der Waals surface area contributed by atoms with Gasteiger partial charge >= 0.3 is 7.82 Å². The van der Waals surface area contributed by atoms with Crippen molar-refractivity contribution in [3.05, 3.63) is 24.3 Å². The summed E-state index contributed by atoms with van der Waals surface area (Å²) in [5.41, 5.74) is 0. The number of hydrogen-bond acceptors (Lipinski definition) is 5. The van der Waals surface area contributed by atoms with Gasteiger partial charge < -0.3 is 19.8 Å². The number of quaternary nitrogens is 1. The van der Waals surface area contributed by atoms with E-state index in [0.717, 1.165) is 51.4 Å². The molecule has 0 aliphatic heterocycles. The summed E-state index contributed by atoms with van der Waals surface area (Å²) in [7, 11) is 1.57. The number of nitrogens with one attached hydrogen (secondary N) is 1. The number of amides is 1. The van der Waals surface area contributed by atoms with Gasteiger partial charge in [0.25, 0.3) is 0 Å². The molecule has 1 amide bonds. The highest BCUT2D eigenvalue weighted by Gasteiger charge is 2.27. The zero-order valence-electron chi connectivity index (χ0n) is 36.9. The van der Waals surface area contributed by atoms with Crippen LogP contribution in [-0.2, 0) is 18.4 Å². The number of carbonyl (C=O) groups is 1. The summed E-state index contributed by atoms with van der Waals surface area (Å²) >= 11 is 0. The molecule has 326 valence electrons. The molecule has 8 nitrogen and oxygen atoms in total. The number of allylic oxidation sites excluding steroid dienone is 3. The normalized spacial score (nSPS) is 14.5. The maximum Gasteiger partial charge on any atom is 0.472 e. The van der Waals surface area contributed by atoms with Gasteiger partial charge in [-0.2, -0.15) is 0 Å². The number of phosphoric ester groups is 1. The smallest absolute Gasteiger partial charge is 0.387 e. The highest BCUT2D eigenvalue weighted by molar-refractivity contribution is 7.47. The summed E-state index contributed by atoms with van der Waals surface area (Å²) < 4.78 is 23.6. The first-order valence-electron chi connectivity index (χ1n) is 23.2. The first kappa shape index (κ1) is 54.0. The predicted octanol–water partition coefficient (Wildman–Crippen LogP) is 12.9. The van der Waals surface area contributed by atoms with Gasteiger partial charge in [-0.05, 0) is 44.9 Å². The number of aliphatic hydroxyl groups is 1. The maximum atomic E-state index is 12.9. The molecule has 0 heterocycles. The summed E-state index contributed by atoms with van der Waals surface area (Å²) in [4.78, 5) is 23.1. The molecule has 9 heteroatoms. The summed E-state index contributed by atoms with van der Waals surface area (Å²) in [5, 5.41) is 13.8. The molecule has 0 saturated heterocycles. The number of carbonyl (C=O) groups excluding carboxylic acids is 1. The maximum absolute atomic E-state index is 12.9. The number of rotatable bonds is 42. The van der Waals surface area contributed by atoms with Crippen LogP contribution in [0.25, 0.3) is 0 Å². The first-order chi connectivity index (χ1) is 26.5. The molecule has 0 fully saturated rings. The van der Waals surface area contributed by atoms with Crippen molar-refractivity contribution < 1.29 is 32.9 Å². The van der Waals surface area contributed by atoms with Gasteiger partial charge in [0, 0.05) is 6.42 Å². The Bertz CT molecular complexity index is 953. The first-order valence-corrected chi connectivity index (χ1v) is 24.7. The van der Waals surface area contributed by atoms with Crippen molar-refractivity contribution in [2.75, 3.05) is 40.9 Å². The van der Waals surface area contributed by atoms with Crippen LogP contribution in [0.4, 0.5) is 0 Å². The van der Waals surface area contributed by atoms with E-state index in [0.29, 0.717) is 17.4 Å². The van der Waals surface area contributed by atoms with Gasteiger partial charge in [-0.15, -0.1) is 0 Å². The molecular weight excluding hydrogens is 707 g/mol. The molecule has 0 aromatic rings. The third-order valence-electron chi connectivity index (χ3n) is 10.4. The second-order valence-corrected chi connectivity index (χ2v) is 18.6. The lowest BCUT2D eigenvalue weighted by Crippen LogP contribution is -2.45. The second-order valence-electron chi connectivity index (χ2n) is 17.1. The molecule has 0 saturated carbocycles. The zero-order valence-corrected chi connectivity index (χ0v) is 37.8. The lowest BCUT2D eigenvalue weighted by Gasteiger charge is -2.25. The van der Waals surface area contributed by atoms with Crippen molar-refractivity contribution >= 4 is 13.7 Å². The van der Waals surface area contributed by atoms with Crippen LogP contribution < -0.4 is 5.32 Å². The number of phosphoric acid groups is 1. The second kappa shape index (κ2) is 38.5. The fourth-order valence-corrected chi connectivity index (χ4v) is 7.42. The van der Waals surface area contributed by atoms with Crippen LogP contribution in [0, 0.1) is 0 Å². The topological polar surface area (TPSA) is 105 Å². The Morgan fingerprint density at radius 1 is 0.600 bits per heavy atom. The summed E-state index contributed by atoms with van der Waals surface area (Å²) in [6.45, 7) is 4.81. The molecule has 0 radical (unpaired) electrons. The highest BCUT2D eigenvalue weighted by atomic mass is 31.2. The molecule has 3 atom stereocenters. The average Bonchev–Trinajstić information content (AvgIpc) is 3.13. The average molecular weight is 800 g/mol. The molecular formula is C46H92N2O6P+. The van der Waals surface area contributed by atoms with Crippen LogP contribution in [0.1, 0.15) is 213 Å². The monoisotopic (exact) mass is 800 g/mol. The van der Waals surface area contributed by atoms with Crippen LogP contribution in [0.5, 0.6) is 0 Å². The Morgan fingerprint density at radius 2 is 0.982 bits per heavy atom. The van der Waals surface area contributed by atoms with Gasteiger partial charge in [-0.1, -0.05) is 186 Å². The van der Waals surface area contributed by atoms with E-state index >= 15 is 0 Å². The number of hydrogen-bond donors (Lipinski definition) is 3. The van der Waals surface area contributed by atoms with Gasteiger partial charge in [-0.3, -0.25) is 13.8 Å². The Kier molecular flexibility index (Phi) is 37.8. The third-order valence-corrected chi connectivity index (χ3v) is 11.4. The summed E-state index contributed by atoms with van der Waals surface area (Å²) in [6.07, 6.45) is 45.3. The van der Waals surface area contributed by atoms with E-state index in [1.54, 1.807) is 6.08 Å². The molecule has 0 aliphatic carbocycles. The fraction of sp³-hybridized carbons (Fsp3) is 0.891. The molecule has 0 bridgehead atoms. The quantitative estimate of drug-likeness (QED) is 0.0246. The van der Waals surface area contributed by atoms with Crippen LogP contribution in [-0.4, -0.2) is 73.4 Å². The van der Waals surface area contributed by atoms with E-state index in [-0.39, 0.29) is 19.1 Å². The van der Waals surface area contributed by atoms with Crippen molar-refractivity contribution in [3.63, 3.8) is 0 Å². The van der Waals surface area contributed by atoms with E-state index in [1.165, 1.54) is 141 Å². The highest BCUT2D eigenvalue weighted by Crippen LogP contribution is 2.43. The minimum absolute atomic E-state index is 0.0611. The van der Waals surface area contributed by atoms with Gasteiger partial charge in [0.15, 0.2) is 0 Å². The summed E-state index contributed by atoms with van der Waals surface area (Å²) in [5.74, 6) is -0.185. The molecule has 0 spiro atoms. The van der Waals surface area contributed by atoms with E-state index < -0.39 is 20.0 Å². The fourth-order valence-electron chi connectivity index (χ4n) is 6.68. The standard InChI is InChI=1S/C46H91N2O6P/c1-6-8-10-12-14-16-18-20-22-24-25-27-29-31-33-35-37-39-45(49)44(43-54-55(51,52)53-42-41-48(3,4)5)47-46(50)40-38-36-34-32-30-28-26-23-21-19-17-15-13-11-9-7-2/h23,26,37,39,44-45,49H,6-22,24-25,27-36,38,40-43H2,1-5H3,(H-,47,50,51,52)/p+1/b26-23-,39-37+. The molecule has 0 aromatic carbocycles. The van der Waals surface area contributed by atoms with Crippen LogP contribution in [0.2, 0.25) is 0 Å². The Balaban J connectivity index is 4.41. The van der Waals surface area contributed by atoms with Crippen molar-refractivity contribution in [2.24, 2.45) is 0 Å². The van der Waals surface area contributed by atoms with Crippen LogP contribution in [0.3, 0.4) is 0 Å². The summed E-state index contributed by atoms with van der Waals surface area (Å²) in [6, 6.07) is -0.847. The number of likely N-dealkylation sites (N-methyl/N-ethyl adjacent to an activating group) is 1. The van der Waals surface area contributed by atoms with Crippen molar-refractivity contribution in [1.29, 1.82) is 0 Å². The molecule has 3 N–H and O–H groups in total. The number of aliphatic hydroxyl groups excluding tert-OH is 1. The van der Waals surface area contributed by atoms with E-state index in [9.17, 15) is 19.4 Å². The lowest BCUT2D eigenvalue weighted by molar-refractivity contribution is -0.870. The van der Waals surface area contributed by atoms with Gasteiger partial charge in [-0.25, -0.2) is 4.57 Å². The molecule has 3 unspecified atom stereocenters.